The number of rotatable bonds is 4. The third kappa shape index (κ3) is 2.67. The average molecular weight is 248 g/mol. The predicted molar refractivity (Wildman–Crippen MR) is 58.4 cm³/mol. The van der Waals surface area contributed by atoms with Crippen LogP contribution in [0.2, 0.25) is 5.22 Å². The van der Waals surface area contributed by atoms with Gasteiger partial charge in [0.15, 0.2) is 0 Å². The van der Waals surface area contributed by atoms with Gasteiger partial charge in [-0.2, -0.15) is 0 Å². The van der Waals surface area contributed by atoms with Gasteiger partial charge in [-0.25, -0.2) is 0 Å². The van der Waals surface area contributed by atoms with Crippen molar-refractivity contribution in [1.29, 1.82) is 0 Å². The quantitative estimate of drug-likeness (QED) is 0.832. The van der Waals surface area contributed by atoms with Crippen molar-refractivity contribution in [3.8, 4) is 0 Å². The second-order valence-electron chi connectivity index (χ2n) is 3.67. The van der Waals surface area contributed by atoms with Crippen LogP contribution in [0.5, 0.6) is 0 Å². The second kappa shape index (κ2) is 4.45. The maximum atomic E-state index is 11.6. The Morgan fingerprint density at radius 1 is 1.67 bits per heavy atom. The van der Waals surface area contributed by atoms with Crippen molar-refractivity contribution in [2.75, 3.05) is 6.54 Å². The topological polar surface area (TPSA) is 42.2 Å². The van der Waals surface area contributed by atoms with Crippen LogP contribution in [0, 0.1) is 5.92 Å². The zero-order valence-electron chi connectivity index (χ0n) is 8.00. The largest absolute Gasteiger partial charge is 0.452 e. The zero-order valence-corrected chi connectivity index (χ0v) is 9.52. The van der Waals surface area contributed by atoms with Crippen LogP contribution in [0.25, 0.3) is 0 Å². The summed E-state index contributed by atoms with van der Waals surface area (Å²) >= 11 is 11.7. The van der Waals surface area contributed by atoms with Gasteiger partial charge in [0.05, 0.1) is 17.2 Å². The summed E-state index contributed by atoms with van der Waals surface area (Å²) in [5, 5.41) is 2.87. The Morgan fingerprint density at radius 2 is 2.40 bits per heavy atom. The summed E-state index contributed by atoms with van der Waals surface area (Å²) in [6.45, 7) is 0.479. The van der Waals surface area contributed by atoms with Crippen LogP contribution in [-0.4, -0.2) is 17.8 Å². The fraction of sp³-hybridized carbons (Fsp3) is 0.500. The van der Waals surface area contributed by atoms with E-state index >= 15 is 0 Å². The summed E-state index contributed by atoms with van der Waals surface area (Å²) in [4.78, 5) is 11.6. The molecule has 82 valence electrons. The minimum absolute atomic E-state index is 0.0274. The van der Waals surface area contributed by atoms with E-state index in [0.717, 1.165) is 12.8 Å². The number of hydrogen-bond acceptors (Lipinski definition) is 2. The molecule has 1 aromatic heterocycles. The van der Waals surface area contributed by atoms with Crippen LogP contribution in [0.15, 0.2) is 16.7 Å². The van der Waals surface area contributed by atoms with Gasteiger partial charge in [0, 0.05) is 6.54 Å². The molecular weight excluding hydrogens is 237 g/mol. The molecule has 1 aromatic rings. The summed E-state index contributed by atoms with van der Waals surface area (Å²) < 4.78 is 4.82. The highest BCUT2D eigenvalue weighted by molar-refractivity contribution is 6.32. The molecule has 3 nitrogen and oxygen atoms in total. The molecule has 1 N–H and O–H groups in total. The molecule has 0 aliphatic heterocycles. The number of carbonyl (C=O) groups is 1. The van der Waals surface area contributed by atoms with E-state index in [4.69, 9.17) is 27.6 Å². The van der Waals surface area contributed by atoms with Gasteiger partial charge in [-0.05, 0) is 36.4 Å². The number of nitrogens with one attached hydrogen (secondary N) is 1. The fourth-order valence-electron chi connectivity index (χ4n) is 1.37. The van der Waals surface area contributed by atoms with E-state index in [9.17, 15) is 4.79 Å². The highest BCUT2D eigenvalue weighted by atomic mass is 35.5. The molecule has 1 aliphatic carbocycles. The van der Waals surface area contributed by atoms with Crippen molar-refractivity contribution < 1.29 is 9.21 Å². The first-order chi connectivity index (χ1) is 7.18. The van der Waals surface area contributed by atoms with E-state index in [2.05, 4.69) is 5.32 Å². The molecule has 0 aromatic carbocycles. The predicted octanol–water partition coefficient (Wildman–Crippen LogP) is 2.68. The minimum Gasteiger partial charge on any atom is -0.452 e. The lowest BCUT2D eigenvalue weighted by Crippen LogP contribution is -2.30. The van der Waals surface area contributed by atoms with Crippen LogP contribution in [0.3, 0.4) is 0 Å². The van der Waals surface area contributed by atoms with Crippen molar-refractivity contribution in [1.82, 2.24) is 5.32 Å². The van der Waals surface area contributed by atoms with E-state index in [1.54, 1.807) is 0 Å². The second-order valence-corrected chi connectivity index (χ2v) is 4.58. The van der Waals surface area contributed by atoms with E-state index in [0.29, 0.717) is 18.0 Å². The van der Waals surface area contributed by atoms with Gasteiger partial charge < -0.3 is 9.73 Å². The molecule has 1 unspecified atom stereocenters. The number of hydrogen-bond donors (Lipinski definition) is 1. The molecule has 1 heterocycles. The van der Waals surface area contributed by atoms with E-state index in [-0.39, 0.29) is 16.5 Å². The summed E-state index contributed by atoms with van der Waals surface area (Å²) in [6, 6.07) is 1.54. The van der Waals surface area contributed by atoms with Crippen LogP contribution in [-0.2, 0) is 0 Å². The van der Waals surface area contributed by atoms with Gasteiger partial charge in [-0.15, -0.1) is 11.6 Å². The molecular formula is C10H11Cl2NO2. The molecule has 0 saturated heterocycles. The van der Waals surface area contributed by atoms with Crippen LogP contribution in [0.1, 0.15) is 23.2 Å². The maximum absolute atomic E-state index is 11.6. The molecule has 0 radical (unpaired) electrons. The summed E-state index contributed by atoms with van der Waals surface area (Å²) in [5.74, 6) is 0.326. The molecule has 5 heteroatoms. The lowest BCUT2D eigenvalue weighted by atomic mass is 10.2. The Labute approximate surface area is 97.7 Å². The van der Waals surface area contributed by atoms with Gasteiger partial charge >= 0.3 is 0 Å². The van der Waals surface area contributed by atoms with Gasteiger partial charge in [0.1, 0.15) is 0 Å². The Hall–Kier alpha value is -0.670. The van der Waals surface area contributed by atoms with Crippen LogP contribution < -0.4 is 5.32 Å². The molecule has 2 rings (SSSR count). The number of carbonyl (C=O) groups excluding carboxylic acids is 1. The minimum atomic E-state index is -0.236. The molecule has 15 heavy (non-hydrogen) atoms. The first kappa shape index (κ1) is 10.8. The number of alkyl halides is 1. The molecule has 1 aliphatic rings. The Kier molecular flexibility index (Phi) is 3.22. The fourth-order valence-corrected chi connectivity index (χ4v) is 1.90. The third-order valence-electron chi connectivity index (χ3n) is 2.45. The van der Waals surface area contributed by atoms with Crippen molar-refractivity contribution in [3.63, 3.8) is 0 Å². The zero-order chi connectivity index (χ0) is 10.8. The first-order valence-corrected chi connectivity index (χ1v) is 5.65. The Bertz CT molecular complexity index is 360. The smallest absolute Gasteiger partial charge is 0.256 e. The summed E-state index contributed by atoms with van der Waals surface area (Å²) in [7, 11) is 0. The Morgan fingerprint density at radius 3 is 2.93 bits per heavy atom. The van der Waals surface area contributed by atoms with Gasteiger partial charge in [0.25, 0.3) is 5.91 Å². The molecule has 0 spiro atoms. The molecule has 1 saturated carbocycles. The SMILES string of the molecule is O=C(NCC(Cl)C1CC1)c1ccoc1Cl. The lowest BCUT2D eigenvalue weighted by molar-refractivity contribution is 0.0952. The molecule has 0 bridgehead atoms. The number of halogens is 2. The van der Waals surface area contributed by atoms with Crippen molar-refractivity contribution in [3.05, 3.63) is 23.1 Å². The van der Waals surface area contributed by atoms with Crippen LogP contribution in [0.4, 0.5) is 0 Å². The van der Waals surface area contributed by atoms with E-state index < -0.39 is 0 Å². The molecule has 1 atom stereocenters. The lowest BCUT2D eigenvalue weighted by Gasteiger charge is -2.08. The van der Waals surface area contributed by atoms with Gasteiger partial charge in [-0.3, -0.25) is 4.79 Å². The first-order valence-electron chi connectivity index (χ1n) is 4.83. The van der Waals surface area contributed by atoms with Gasteiger partial charge in [0.2, 0.25) is 5.22 Å². The standard InChI is InChI=1S/C10H11Cl2NO2/c11-8(6-1-2-6)5-13-10(14)7-3-4-15-9(7)12/h3-4,6,8H,1-2,5H2,(H,13,14). The molecule has 1 fully saturated rings. The highest BCUT2D eigenvalue weighted by Gasteiger charge is 2.29. The monoisotopic (exact) mass is 247 g/mol. The summed E-state index contributed by atoms with van der Waals surface area (Å²) in [5.41, 5.74) is 0.358. The number of amides is 1. The normalized spacial score (nSPS) is 17.5. The summed E-state index contributed by atoms with van der Waals surface area (Å²) in [6.07, 6.45) is 3.71. The highest BCUT2D eigenvalue weighted by Crippen LogP contribution is 2.35. The number of furan rings is 1. The van der Waals surface area contributed by atoms with Crippen molar-refractivity contribution >= 4 is 29.1 Å². The van der Waals surface area contributed by atoms with E-state index in [1.807, 2.05) is 0 Å². The van der Waals surface area contributed by atoms with Gasteiger partial charge in [-0.1, -0.05) is 0 Å². The molecule has 1 amide bonds. The van der Waals surface area contributed by atoms with Crippen molar-refractivity contribution in [2.24, 2.45) is 5.92 Å². The van der Waals surface area contributed by atoms with Crippen LogP contribution >= 0.6 is 23.2 Å². The maximum Gasteiger partial charge on any atom is 0.256 e. The third-order valence-corrected chi connectivity index (χ3v) is 3.26. The van der Waals surface area contributed by atoms with Crippen molar-refractivity contribution in [2.45, 2.75) is 18.2 Å². The Balaban J connectivity index is 1.84. The van der Waals surface area contributed by atoms with E-state index in [1.165, 1.54) is 12.3 Å². The average Bonchev–Trinajstić information content (AvgIpc) is 2.98.